The quantitative estimate of drug-likeness (QED) is 0.460. The third-order valence-corrected chi connectivity index (χ3v) is 7.58. The standard InChI is InChI=1S/C28H38N2O3S/c1-4-26(28(32)29-24-12-6-5-7-13-24)30(18-23-11-9-8-10-21(23)2)27(31)20-34-19-22-14-16-25(33-3)17-15-22/h8-11,14-17,24,26H,4-7,12-13,18-20H2,1-3H3,(H,29,32). The van der Waals surface area contributed by atoms with Gasteiger partial charge >= 0.3 is 0 Å². The summed E-state index contributed by atoms with van der Waals surface area (Å²) in [4.78, 5) is 28.5. The third kappa shape index (κ3) is 7.52. The number of thioether (sulfide) groups is 1. The highest BCUT2D eigenvalue weighted by atomic mass is 32.2. The molecule has 2 amide bonds. The number of benzene rings is 2. The van der Waals surface area contributed by atoms with Crippen molar-refractivity contribution in [1.29, 1.82) is 0 Å². The molecule has 3 rings (SSSR count). The Balaban J connectivity index is 1.69. The predicted octanol–water partition coefficient (Wildman–Crippen LogP) is 5.49. The van der Waals surface area contributed by atoms with E-state index in [9.17, 15) is 9.59 Å². The smallest absolute Gasteiger partial charge is 0.243 e. The van der Waals surface area contributed by atoms with E-state index in [-0.39, 0.29) is 17.9 Å². The summed E-state index contributed by atoms with van der Waals surface area (Å²) in [5.41, 5.74) is 3.36. The third-order valence-electron chi connectivity index (χ3n) is 6.59. The van der Waals surface area contributed by atoms with E-state index in [0.717, 1.165) is 53.9 Å². The van der Waals surface area contributed by atoms with Crippen LogP contribution in [-0.4, -0.2) is 41.7 Å². The van der Waals surface area contributed by atoms with Crippen LogP contribution in [0.3, 0.4) is 0 Å². The van der Waals surface area contributed by atoms with Crippen LogP contribution in [0.5, 0.6) is 5.75 Å². The van der Waals surface area contributed by atoms with Gasteiger partial charge in [-0.3, -0.25) is 9.59 Å². The second kappa shape index (κ2) is 13.4. The zero-order valence-corrected chi connectivity index (χ0v) is 21.5. The molecule has 6 heteroatoms. The lowest BCUT2D eigenvalue weighted by molar-refractivity contribution is -0.139. The van der Waals surface area contributed by atoms with Crippen LogP contribution in [0.15, 0.2) is 48.5 Å². The molecule has 0 saturated heterocycles. The molecule has 1 N–H and O–H groups in total. The first-order valence-corrected chi connectivity index (χ1v) is 13.5. The molecule has 0 aliphatic heterocycles. The topological polar surface area (TPSA) is 58.6 Å². The Hall–Kier alpha value is -2.47. The number of carbonyl (C=O) groups is 2. The number of hydrogen-bond donors (Lipinski definition) is 1. The van der Waals surface area contributed by atoms with Gasteiger partial charge in [0.05, 0.1) is 12.9 Å². The Bertz CT molecular complexity index is 926. The fourth-order valence-corrected chi connectivity index (χ4v) is 5.37. The lowest BCUT2D eigenvalue weighted by Crippen LogP contribution is -2.52. The molecule has 0 spiro atoms. The summed E-state index contributed by atoms with van der Waals surface area (Å²) in [6.07, 6.45) is 6.23. The van der Waals surface area contributed by atoms with Gasteiger partial charge in [-0.25, -0.2) is 0 Å². The Morgan fingerprint density at radius 3 is 2.44 bits per heavy atom. The van der Waals surface area contributed by atoms with Crippen LogP contribution in [0.1, 0.15) is 62.1 Å². The van der Waals surface area contributed by atoms with Crippen molar-refractivity contribution in [2.45, 2.75) is 76.8 Å². The van der Waals surface area contributed by atoms with Gasteiger partial charge in [0.15, 0.2) is 0 Å². The number of methoxy groups -OCH3 is 1. The first kappa shape index (κ1) is 26.1. The Morgan fingerprint density at radius 2 is 1.79 bits per heavy atom. The van der Waals surface area contributed by atoms with E-state index < -0.39 is 6.04 Å². The summed E-state index contributed by atoms with van der Waals surface area (Å²) in [7, 11) is 1.65. The van der Waals surface area contributed by atoms with Gasteiger partial charge in [0.25, 0.3) is 0 Å². The van der Waals surface area contributed by atoms with E-state index in [1.54, 1.807) is 23.8 Å². The van der Waals surface area contributed by atoms with Gasteiger partial charge < -0.3 is 15.0 Å². The average Bonchev–Trinajstić information content (AvgIpc) is 2.86. The fraction of sp³-hybridized carbons (Fsp3) is 0.500. The van der Waals surface area contributed by atoms with Crippen molar-refractivity contribution in [3.8, 4) is 5.75 Å². The van der Waals surface area contributed by atoms with Crippen LogP contribution in [-0.2, 0) is 21.9 Å². The molecule has 2 aromatic rings. The van der Waals surface area contributed by atoms with Crippen molar-refractivity contribution in [2.24, 2.45) is 0 Å². The van der Waals surface area contributed by atoms with Gasteiger partial charge in [0, 0.05) is 18.3 Å². The Morgan fingerprint density at radius 1 is 1.09 bits per heavy atom. The molecule has 1 atom stereocenters. The maximum atomic E-state index is 13.5. The predicted molar refractivity (Wildman–Crippen MR) is 140 cm³/mol. The fourth-order valence-electron chi connectivity index (χ4n) is 4.50. The van der Waals surface area contributed by atoms with Gasteiger partial charge in [0.2, 0.25) is 11.8 Å². The molecular weight excluding hydrogens is 444 g/mol. The minimum absolute atomic E-state index is 0.00686. The summed E-state index contributed by atoms with van der Waals surface area (Å²) in [6.45, 7) is 4.50. The van der Waals surface area contributed by atoms with Crippen LogP contribution >= 0.6 is 11.8 Å². The van der Waals surface area contributed by atoms with Gasteiger partial charge in [-0.05, 0) is 55.0 Å². The normalized spacial score (nSPS) is 14.9. The number of ether oxygens (including phenoxy) is 1. The van der Waals surface area contributed by atoms with Crippen molar-refractivity contribution in [3.63, 3.8) is 0 Å². The van der Waals surface area contributed by atoms with Gasteiger partial charge in [0.1, 0.15) is 11.8 Å². The van der Waals surface area contributed by atoms with Crippen molar-refractivity contribution in [3.05, 3.63) is 65.2 Å². The van der Waals surface area contributed by atoms with Crippen molar-refractivity contribution >= 4 is 23.6 Å². The van der Waals surface area contributed by atoms with Crippen molar-refractivity contribution in [1.82, 2.24) is 10.2 Å². The van der Waals surface area contributed by atoms with E-state index in [4.69, 9.17) is 4.74 Å². The van der Waals surface area contributed by atoms with Gasteiger partial charge in [-0.1, -0.05) is 62.6 Å². The van der Waals surface area contributed by atoms with E-state index >= 15 is 0 Å². The largest absolute Gasteiger partial charge is 0.497 e. The lowest BCUT2D eigenvalue weighted by atomic mass is 9.95. The summed E-state index contributed by atoms with van der Waals surface area (Å²) >= 11 is 1.58. The van der Waals surface area contributed by atoms with Crippen LogP contribution in [0.25, 0.3) is 0 Å². The molecule has 1 fully saturated rings. The number of nitrogens with one attached hydrogen (secondary N) is 1. The second-order valence-corrected chi connectivity index (χ2v) is 10.0. The summed E-state index contributed by atoms with van der Waals surface area (Å²) in [6, 6.07) is 15.8. The van der Waals surface area contributed by atoms with Crippen LogP contribution in [0, 0.1) is 6.92 Å². The summed E-state index contributed by atoms with van der Waals surface area (Å²) < 4.78 is 5.22. The number of hydrogen-bond acceptors (Lipinski definition) is 4. The molecule has 1 unspecified atom stereocenters. The van der Waals surface area contributed by atoms with Crippen molar-refractivity contribution < 1.29 is 14.3 Å². The van der Waals surface area contributed by atoms with Crippen LogP contribution in [0.2, 0.25) is 0 Å². The highest BCUT2D eigenvalue weighted by Crippen LogP contribution is 2.22. The van der Waals surface area contributed by atoms with E-state index in [1.165, 1.54) is 6.42 Å². The number of carbonyl (C=O) groups excluding carboxylic acids is 2. The van der Waals surface area contributed by atoms with E-state index in [0.29, 0.717) is 18.7 Å². The molecule has 0 heterocycles. The first-order valence-electron chi connectivity index (χ1n) is 12.4. The number of aryl methyl sites for hydroxylation is 1. The van der Waals surface area contributed by atoms with Crippen LogP contribution in [0.4, 0.5) is 0 Å². The number of rotatable bonds is 11. The maximum absolute atomic E-state index is 13.5. The zero-order valence-electron chi connectivity index (χ0n) is 20.7. The van der Waals surface area contributed by atoms with E-state index in [2.05, 4.69) is 18.3 Å². The van der Waals surface area contributed by atoms with Gasteiger partial charge in [-0.15, -0.1) is 11.8 Å². The maximum Gasteiger partial charge on any atom is 0.243 e. The highest BCUT2D eigenvalue weighted by Gasteiger charge is 2.30. The van der Waals surface area contributed by atoms with Gasteiger partial charge in [-0.2, -0.15) is 0 Å². The molecule has 1 saturated carbocycles. The molecule has 0 radical (unpaired) electrons. The highest BCUT2D eigenvalue weighted by molar-refractivity contribution is 7.99. The molecule has 2 aromatic carbocycles. The molecular formula is C28H38N2O3S. The SMILES string of the molecule is CCC(C(=O)NC1CCCCC1)N(Cc1ccccc1C)C(=O)CSCc1ccc(OC)cc1. The van der Waals surface area contributed by atoms with E-state index in [1.807, 2.05) is 49.4 Å². The minimum atomic E-state index is -0.462. The average molecular weight is 483 g/mol. The first-order chi connectivity index (χ1) is 16.5. The number of nitrogens with zero attached hydrogens (tertiary/aromatic N) is 1. The Kier molecular flexibility index (Phi) is 10.3. The number of amides is 2. The molecule has 1 aliphatic carbocycles. The molecule has 5 nitrogen and oxygen atoms in total. The lowest BCUT2D eigenvalue weighted by Gasteiger charge is -2.33. The molecule has 34 heavy (non-hydrogen) atoms. The second-order valence-electron chi connectivity index (χ2n) is 9.06. The van der Waals surface area contributed by atoms with Crippen LogP contribution < -0.4 is 10.1 Å². The Labute approximate surface area is 208 Å². The minimum Gasteiger partial charge on any atom is -0.497 e. The summed E-state index contributed by atoms with van der Waals surface area (Å²) in [5, 5.41) is 3.25. The molecule has 1 aliphatic rings. The molecule has 0 aromatic heterocycles. The molecule has 0 bridgehead atoms. The zero-order chi connectivity index (χ0) is 24.3. The summed E-state index contributed by atoms with van der Waals surface area (Å²) in [5.74, 6) is 1.89. The van der Waals surface area contributed by atoms with Crippen molar-refractivity contribution in [2.75, 3.05) is 12.9 Å². The molecule has 184 valence electrons. The monoisotopic (exact) mass is 482 g/mol.